The minimum absolute atomic E-state index is 0. The molecule has 0 unspecified atom stereocenters. The Kier molecular flexibility index (Phi) is 24.3. The predicted octanol–water partition coefficient (Wildman–Crippen LogP) is 7.47. The third-order valence-corrected chi connectivity index (χ3v) is 4.33. The quantitative estimate of drug-likeness (QED) is 0.221. The molecule has 0 saturated carbocycles. The minimum Gasteiger partial charge on any atom is -0.466 e. The van der Waals surface area contributed by atoms with Crippen molar-refractivity contribution < 1.29 is 9.53 Å². The molecule has 1 aromatic heterocycles. The first-order chi connectivity index (χ1) is 12.7. The molecular formula is C23H42BrNO2. The average molecular weight is 444 g/mol. The molecule has 0 N–H and O–H groups in total. The number of hydrogen-bond acceptors (Lipinski definition) is 3. The van der Waals surface area contributed by atoms with Crippen LogP contribution in [0, 0.1) is 0 Å². The van der Waals surface area contributed by atoms with Crippen LogP contribution in [0.1, 0.15) is 103 Å². The summed E-state index contributed by atoms with van der Waals surface area (Å²) in [6.07, 6.45) is 19.6. The molecule has 0 fully saturated rings. The fraction of sp³-hybridized carbons (Fsp3) is 0.739. The second kappa shape index (κ2) is 23.1. The molecule has 4 heteroatoms. The number of carbonyl (C=O) groups excluding carboxylic acids is 1. The highest BCUT2D eigenvalue weighted by molar-refractivity contribution is 8.93. The third kappa shape index (κ3) is 21.3. The lowest BCUT2D eigenvalue weighted by Gasteiger charge is -2.02. The van der Waals surface area contributed by atoms with E-state index in [4.69, 9.17) is 4.74 Å². The molecule has 1 rings (SSSR count). The minimum atomic E-state index is -0.0366. The molecular weight excluding hydrogens is 402 g/mol. The van der Waals surface area contributed by atoms with Crippen LogP contribution in [0.25, 0.3) is 0 Å². The van der Waals surface area contributed by atoms with Crippen molar-refractivity contribution in [1.29, 1.82) is 0 Å². The fourth-order valence-corrected chi connectivity index (χ4v) is 2.74. The highest BCUT2D eigenvalue weighted by Crippen LogP contribution is 2.10. The highest BCUT2D eigenvalue weighted by Gasteiger charge is 2.00. The molecule has 27 heavy (non-hydrogen) atoms. The number of rotatable bonds is 14. The summed E-state index contributed by atoms with van der Waals surface area (Å²) in [4.78, 5) is 15.1. The summed E-state index contributed by atoms with van der Waals surface area (Å²) >= 11 is 0. The molecule has 0 radical (unpaired) electrons. The Morgan fingerprint density at radius 2 is 1.48 bits per heavy atom. The van der Waals surface area contributed by atoms with Gasteiger partial charge in [0, 0.05) is 18.8 Å². The van der Waals surface area contributed by atoms with Gasteiger partial charge in [0.2, 0.25) is 0 Å². The topological polar surface area (TPSA) is 39.2 Å². The SMILES string of the molecule is Br.CCCCCCCCCCCC(=O)OCC.CCCCc1cccnc1. The smallest absolute Gasteiger partial charge is 0.305 e. The van der Waals surface area contributed by atoms with Gasteiger partial charge >= 0.3 is 5.97 Å². The summed E-state index contributed by atoms with van der Waals surface area (Å²) < 4.78 is 4.87. The van der Waals surface area contributed by atoms with E-state index >= 15 is 0 Å². The second-order valence-electron chi connectivity index (χ2n) is 6.85. The van der Waals surface area contributed by atoms with Gasteiger partial charge < -0.3 is 4.74 Å². The first-order valence-corrected chi connectivity index (χ1v) is 10.8. The summed E-state index contributed by atoms with van der Waals surface area (Å²) in [5.41, 5.74) is 1.35. The molecule has 0 saturated heterocycles. The summed E-state index contributed by atoms with van der Waals surface area (Å²) in [6, 6.07) is 4.12. The lowest BCUT2D eigenvalue weighted by Crippen LogP contribution is -2.03. The Bertz CT molecular complexity index is 412. The van der Waals surface area contributed by atoms with E-state index in [0.717, 1.165) is 6.42 Å². The van der Waals surface area contributed by atoms with Crippen LogP contribution in [-0.4, -0.2) is 17.6 Å². The molecule has 0 aliphatic carbocycles. The van der Waals surface area contributed by atoms with Gasteiger partial charge in [-0.2, -0.15) is 0 Å². The van der Waals surface area contributed by atoms with Crippen molar-refractivity contribution in [3.05, 3.63) is 30.1 Å². The molecule has 0 atom stereocenters. The van der Waals surface area contributed by atoms with Crippen LogP contribution in [0.5, 0.6) is 0 Å². The Hall–Kier alpha value is -0.900. The van der Waals surface area contributed by atoms with Gasteiger partial charge in [-0.25, -0.2) is 0 Å². The summed E-state index contributed by atoms with van der Waals surface area (Å²) in [6.45, 7) is 6.82. The number of pyridine rings is 1. The Morgan fingerprint density at radius 1 is 0.889 bits per heavy atom. The van der Waals surface area contributed by atoms with E-state index in [0.29, 0.717) is 13.0 Å². The van der Waals surface area contributed by atoms with Gasteiger partial charge in [0.1, 0.15) is 0 Å². The van der Waals surface area contributed by atoms with Crippen LogP contribution in [-0.2, 0) is 16.0 Å². The lowest BCUT2D eigenvalue weighted by molar-refractivity contribution is -0.143. The largest absolute Gasteiger partial charge is 0.466 e. The van der Waals surface area contributed by atoms with Crippen molar-refractivity contribution in [2.45, 2.75) is 104 Å². The predicted molar refractivity (Wildman–Crippen MR) is 122 cm³/mol. The zero-order valence-electron chi connectivity index (χ0n) is 17.9. The zero-order chi connectivity index (χ0) is 19.3. The highest BCUT2D eigenvalue weighted by atomic mass is 79.9. The fourth-order valence-electron chi connectivity index (χ4n) is 2.74. The Labute approximate surface area is 178 Å². The Morgan fingerprint density at radius 3 is 2.00 bits per heavy atom. The van der Waals surface area contributed by atoms with Crippen LogP contribution >= 0.6 is 17.0 Å². The molecule has 1 aromatic rings. The molecule has 3 nitrogen and oxygen atoms in total. The molecule has 0 aliphatic rings. The molecule has 0 aliphatic heterocycles. The van der Waals surface area contributed by atoms with Gasteiger partial charge in [-0.3, -0.25) is 9.78 Å². The van der Waals surface area contributed by atoms with Crippen molar-refractivity contribution in [2.75, 3.05) is 6.61 Å². The average Bonchev–Trinajstić information content (AvgIpc) is 2.66. The number of carbonyl (C=O) groups is 1. The zero-order valence-corrected chi connectivity index (χ0v) is 19.6. The van der Waals surface area contributed by atoms with Crippen LogP contribution in [0.3, 0.4) is 0 Å². The van der Waals surface area contributed by atoms with Crippen LogP contribution < -0.4 is 0 Å². The first-order valence-electron chi connectivity index (χ1n) is 10.8. The van der Waals surface area contributed by atoms with E-state index in [1.54, 1.807) is 0 Å². The van der Waals surface area contributed by atoms with E-state index in [1.165, 1.54) is 76.2 Å². The van der Waals surface area contributed by atoms with Crippen molar-refractivity contribution in [3.63, 3.8) is 0 Å². The monoisotopic (exact) mass is 443 g/mol. The van der Waals surface area contributed by atoms with E-state index in [-0.39, 0.29) is 23.0 Å². The number of aryl methyl sites for hydroxylation is 1. The van der Waals surface area contributed by atoms with Gasteiger partial charge in [0.05, 0.1) is 6.61 Å². The Balaban J connectivity index is 0. The molecule has 0 bridgehead atoms. The number of halogens is 1. The maximum atomic E-state index is 11.0. The van der Waals surface area contributed by atoms with Gasteiger partial charge in [-0.1, -0.05) is 77.7 Å². The molecule has 158 valence electrons. The standard InChI is InChI=1S/C14H28O2.C9H13N.BrH/c1-3-5-6-7-8-9-10-11-12-13-14(15)16-4-2;1-2-3-5-9-6-4-7-10-8-9;/h3-13H2,1-2H3;4,6-8H,2-3,5H2,1H3;1H. The van der Waals surface area contributed by atoms with E-state index in [2.05, 4.69) is 24.9 Å². The van der Waals surface area contributed by atoms with Crippen LogP contribution in [0.4, 0.5) is 0 Å². The van der Waals surface area contributed by atoms with Gasteiger partial charge in [-0.05, 0) is 37.8 Å². The normalized spacial score (nSPS) is 9.74. The van der Waals surface area contributed by atoms with E-state index < -0.39 is 0 Å². The molecule has 1 heterocycles. The third-order valence-electron chi connectivity index (χ3n) is 4.33. The number of hydrogen-bond donors (Lipinski definition) is 0. The summed E-state index contributed by atoms with van der Waals surface area (Å²) in [7, 11) is 0. The molecule has 0 aromatic carbocycles. The van der Waals surface area contributed by atoms with E-state index in [1.807, 2.05) is 25.4 Å². The van der Waals surface area contributed by atoms with Crippen molar-refractivity contribution in [1.82, 2.24) is 4.98 Å². The van der Waals surface area contributed by atoms with Crippen LogP contribution in [0.2, 0.25) is 0 Å². The first kappa shape index (κ1) is 28.3. The van der Waals surface area contributed by atoms with Crippen molar-refractivity contribution in [2.24, 2.45) is 0 Å². The second-order valence-corrected chi connectivity index (χ2v) is 6.85. The number of ether oxygens (including phenoxy) is 1. The maximum Gasteiger partial charge on any atom is 0.305 e. The number of nitrogens with zero attached hydrogens (tertiary/aromatic N) is 1. The van der Waals surface area contributed by atoms with Gasteiger partial charge in [0.25, 0.3) is 0 Å². The lowest BCUT2D eigenvalue weighted by atomic mass is 10.1. The number of aromatic nitrogens is 1. The summed E-state index contributed by atoms with van der Waals surface area (Å²) in [5, 5.41) is 0. The van der Waals surface area contributed by atoms with Gasteiger partial charge in [-0.15, -0.1) is 17.0 Å². The maximum absolute atomic E-state index is 11.0. The van der Waals surface area contributed by atoms with Crippen molar-refractivity contribution in [3.8, 4) is 0 Å². The van der Waals surface area contributed by atoms with Gasteiger partial charge in [0.15, 0.2) is 0 Å². The number of unbranched alkanes of at least 4 members (excludes halogenated alkanes) is 9. The van der Waals surface area contributed by atoms with Crippen LogP contribution in [0.15, 0.2) is 24.5 Å². The number of esters is 1. The molecule has 0 spiro atoms. The molecule has 0 amide bonds. The van der Waals surface area contributed by atoms with E-state index in [9.17, 15) is 4.79 Å². The summed E-state index contributed by atoms with van der Waals surface area (Å²) in [5.74, 6) is -0.0366. The van der Waals surface area contributed by atoms with Crippen molar-refractivity contribution >= 4 is 23.0 Å².